The fraction of sp³-hybridized carbons (Fsp3) is 0.125. The summed E-state index contributed by atoms with van der Waals surface area (Å²) in [6.07, 6.45) is 3.83. The van der Waals surface area contributed by atoms with E-state index in [1.54, 1.807) is 6.07 Å². The third kappa shape index (κ3) is 2.81. The van der Waals surface area contributed by atoms with Gasteiger partial charge in [-0.25, -0.2) is 4.79 Å². The molecule has 0 fully saturated rings. The Kier molecular flexibility index (Phi) is 3.88. The van der Waals surface area contributed by atoms with E-state index in [9.17, 15) is 9.90 Å². The van der Waals surface area contributed by atoms with E-state index in [1.807, 2.05) is 12.2 Å². The van der Waals surface area contributed by atoms with E-state index in [-0.39, 0.29) is 16.7 Å². The molecular weight excluding hydrogens is 336 g/mol. The number of phenols is 1. The van der Waals surface area contributed by atoms with E-state index in [1.165, 1.54) is 34.4 Å². The van der Waals surface area contributed by atoms with Gasteiger partial charge < -0.3 is 10.2 Å². The number of carbonyl (C=O) groups is 1. The first kappa shape index (κ1) is 17.1. The molecule has 0 unspecified atom stereocenters. The quantitative estimate of drug-likeness (QED) is 0.603. The molecule has 4 rings (SSSR count). The number of aromatic hydroxyl groups is 1. The second-order valence-corrected chi connectivity index (χ2v) is 7.39. The Hall–Kier alpha value is -3.33. The second-order valence-electron chi connectivity index (χ2n) is 7.39. The van der Waals surface area contributed by atoms with E-state index >= 15 is 0 Å². The van der Waals surface area contributed by atoms with Crippen LogP contribution in [0.15, 0.2) is 60.7 Å². The van der Waals surface area contributed by atoms with Gasteiger partial charge in [-0.15, -0.1) is 0 Å². The number of carboxylic acids is 1. The minimum atomic E-state index is -1.14. The van der Waals surface area contributed by atoms with Crippen molar-refractivity contribution in [2.45, 2.75) is 19.3 Å². The molecule has 1 aliphatic rings. The van der Waals surface area contributed by atoms with Crippen LogP contribution in [0.2, 0.25) is 0 Å². The molecule has 0 heterocycles. The van der Waals surface area contributed by atoms with Gasteiger partial charge in [-0.05, 0) is 45.5 Å². The highest BCUT2D eigenvalue weighted by atomic mass is 16.4. The summed E-state index contributed by atoms with van der Waals surface area (Å²) in [5.74, 6) is -1.36. The molecule has 0 aliphatic heterocycles. The van der Waals surface area contributed by atoms with Crippen molar-refractivity contribution in [3.8, 4) is 16.9 Å². The first-order chi connectivity index (χ1) is 12.9. The third-order valence-corrected chi connectivity index (χ3v) is 5.33. The van der Waals surface area contributed by atoms with Gasteiger partial charge in [-0.2, -0.15) is 0 Å². The number of rotatable bonds is 3. The van der Waals surface area contributed by atoms with E-state index < -0.39 is 5.97 Å². The Morgan fingerprint density at radius 1 is 0.852 bits per heavy atom. The van der Waals surface area contributed by atoms with Gasteiger partial charge in [-0.1, -0.05) is 74.5 Å². The maximum absolute atomic E-state index is 11.2. The lowest BCUT2D eigenvalue weighted by molar-refractivity contribution is 0.0693. The average molecular weight is 356 g/mol. The molecule has 0 saturated carbocycles. The van der Waals surface area contributed by atoms with Crippen LogP contribution in [-0.2, 0) is 5.41 Å². The minimum Gasteiger partial charge on any atom is -0.507 e. The highest BCUT2D eigenvalue weighted by Gasteiger charge is 2.34. The molecule has 27 heavy (non-hydrogen) atoms. The van der Waals surface area contributed by atoms with Crippen LogP contribution in [0.4, 0.5) is 0 Å². The van der Waals surface area contributed by atoms with Crippen molar-refractivity contribution in [2.24, 2.45) is 0 Å². The maximum atomic E-state index is 11.2. The fourth-order valence-corrected chi connectivity index (χ4v) is 3.85. The fourth-order valence-electron chi connectivity index (χ4n) is 3.85. The molecule has 2 N–H and O–H groups in total. The molecule has 0 saturated heterocycles. The molecule has 0 amide bonds. The molecule has 3 aromatic rings. The van der Waals surface area contributed by atoms with Crippen molar-refractivity contribution in [3.63, 3.8) is 0 Å². The lowest BCUT2D eigenvalue weighted by atomic mass is 9.82. The second kappa shape index (κ2) is 6.13. The van der Waals surface area contributed by atoms with Crippen molar-refractivity contribution in [1.29, 1.82) is 0 Å². The zero-order chi connectivity index (χ0) is 19.2. The van der Waals surface area contributed by atoms with Crippen molar-refractivity contribution in [1.82, 2.24) is 0 Å². The molecule has 0 bridgehead atoms. The standard InChI is InChI=1S/C24H20O3/c1-24(2)20-6-4-3-5-17(20)18-11-9-16(14-21(18)24)8-7-15-10-12-22(25)19(13-15)23(26)27/h3-14,25H,1-2H3,(H,26,27). The SMILES string of the molecule is CC1(C)c2ccccc2-c2ccc(C=Cc3ccc(O)c(C(=O)O)c3)cc21. The molecule has 0 spiro atoms. The largest absolute Gasteiger partial charge is 0.507 e. The smallest absolute Gasteiger partial charge is 0.339 e. The summed E-state index contributed by atoms with van der Waals surface area (Å²) in [5.41, 5.74) is 6.83. The monoisotopic (exact) mass is 356 g/mol. The zero-order valence-electron chi connectivity index (χ0n) is 15.2. The van der Waals surface area contributed by atoms with Crippen LogP contribution in [0, 0.1) is 0 Å². The van der Waals surface area contributed by atoms with Crippen LogP contribution in [0.1, 0.15) is 46.5 Å². The summed E-state index contributed by atoms with van der Waals surface area (Å²) < 4.78 is 0. The predicted octanol–water partition coefficient (Wildman–Crippen LogP) is 5.57. The molecule has 3 aromatic carbocycles. The van der Waals surface area contributed by atoms with Gasteiger partial charge in [0, 0.05) is 5.41 Å². The van der Waals surface area contributed by atoms with Crippen LogP contribution in [0.5, 0.6) is 5.75 Å². The van der Waals surface area contributed by atoms with Crippen molar-refractivity contribution < 1.29 is 15.0 Å². The molecule has 0 aromatic heterocycles. The number of carboxylic acid groups (broad SMARTS) is 1. The molecule has 1 aliphatic carbocycles. The Morgan fingerprint density at radius 3 is 2.22 bits per heavy atom. The molecule has 0 radical (unpaired) electrons. The molecule has 3 heteroatoms. The number of benzene rings is 3. The van der Waals surface area contributed by atoms with Crippen LogP contribution in [0.3, 0.4) is 0 Å². The first-order valence-electron chi connectivity index (χ1n) is 8.87. The van der Waals surface area contributed by atoms with Gasteiger partial charge >= 0.3 is 5.97 Å². The van der Waals surface area contributed by atoms with Crippen LogP contribution in [-0.4, -0.2) is 16.2 Å². The van der Waals surface area contributed by atoms with Crippen molar-refractivity contribution in [2.75, 3.05) is 0 Å². The van der Waals surface area contributed by atoms with Gasteiger partial charge in [0.15, 0.2) is 0 Å². The van der Waals surface area contributed by atoms with Crippen LogP contribution < -0.4 is 0 Å². The first-order valence-corrected chi connectivity index (χ1v) is 8.87. The highest BCUT2D eigenvalue weighted by molar-refractivity contribution is 5.92. The van der Waals surface area contributed by atoms with Gasteiger partial charge in [0.05, 0.1) is 0 Å². The number of fused-ring (bicyclic) bond motifs is 3. The molecular formula is C24H20O3. The molecule has 3 nitrogen and oxygen atoms in total. The third-order valence-electron chi connectivity index (χ3n) is 5.33. The summed E-state index contributed by atoms with van der Waals surface area (Å²) in [7, 11) is 0. The topological polar surface area (TPSA) is 57.5 Å². The summed E-state index contributed by atoms with van der Waals surface area (Å²) in [5, 5.41) is 18.8. The Labute approximate surface area is 158 Å². The normalized spacial score (nSPS) is 14.1. The van der Waals surface area contributed by atoms with Crippen LogP contribution >= 0.6 is 0 Å². The minimum absolute atomic E-state index is 0.0508. The Balaban J connectivity index is 1.70. The lowest BCUT2D eigenvalue weighted by Gasteiger charge is -2.21. The predicted molar refractivity (Wildman–Crippen MR) is 108 cm³/mol. The summed E-state index contributed by atoms with van der Waals surface area (Å²) >= 11 is 0. The lowest BCUT2D eigenvalue weighted by Crippen LogP contribution is -2.14. The van der Waals surface area contributed by atoms with E-state index in [0.717, 1.165) is 11.1 Å². The van der Waals surface area contributed by atoms with E-state index in [0.29, 0.717) is 0 Å². The summed E-state index contributed by atoms with van der Waals surface area (Å²) in [6, 6.07) is 19.5. The summed E-state index contributed by atoms with van der Waals surface area (Å²) in [4.78, 5) is 11.2. The van der Waals surface area contributed by atoms with Gasteiger partial charge in [0.2, 0.25) is 0 Å². The molecule has 0 atom stereocenters. The molecule has 134 valence electrons. The van der Waals surface area contributed by atoms with Gasteiger partial charge in [0.1, 0.15) is 11.3 Å². The highest BCUT2D eigenvalue weighted by Crippen LogP contribution is 2.48. The number of aromatic carboxylic acids is 1. The average Bonchev–Trinajstić information content (AvgIpc) is 2.88. The van der Waals surface area contributed by atoms with Gasteiger partial charge in [-0.3, -0.25) is 0 Å². The number of hydrogen-bond acceptors (Lipinski definition) is 2. The zero-order valence-corrected chi connectivity index (χ0v) is 15.2. The van der Waals surface area contributed by atoms with Crippen molar-refractivity contribution in [3.05, 3.63) is 88.5 Å². The number of hydrogen-bond donors (Lipinski definition) is 2. The maximum Gasteiger partial charge on any atom is 0.339 e. The van der Waals surface area contributed by atoms with Gasteiger partial charge in [0.25, 0.3) is 0 Å². The van der Waals surface area contributed by atoms with E-state index in [2.05, 4.69) is 56.3 Å². The van der Waals surface area contributed by atoms with Crippen LogP contribution in [0.25, 0.3) is 23.3 Å². The summed E-state index contributed by atoms with van der Waals surface area (Å²) in [6.45, 7) is 4.48. The van der Waals surface area contributed by atoms with E-state index in [4.69, 9.17) is 5.11 Å². The van der Waals surface area contributed by atoms with Crippen molar-refractivity contribution >= 4 is 18.1 Å². The Bertz CT molecular complexity index is 1090. The Morgan fingerprint density at radius 2 is 1.48 bits per heavy atom.